The third kappa shape index (κ3) is 2.98. The van der Waals surface area contributed by atoms with Crippen LogP contribution in [0.1, 0.15) is 26.2 Å². The molecule has 0 bridgehead atoms. The Morgan fingerprint density at radius 1 is 1.53 bits per heavy atom. The summed E-state index contributed by atoms with van der Waals surface area (Å²) in [6.07, 6.45) is 2.16. The van der Waals surface area contributed by atoms with E-state index in [1.54, 1.807) is 24.4 Å². The first-order chi connectivity index (χ1) is 9.07. The molecule has 7 heteroatoms. The topological polar surface area (TPSA) is 63.7 Å². The van der Waals surface area contributed by atoms with Gasteiger partial charge in [-0.05, 0) is 37.6 Å². The molecule has 5 nitrogen and oxygen atoms in total. The van der Waals surface area contributed by atoms with Gasteiger partial charge in [0.05, 0.1) is 6.61 Å². The number of carbonyl (C=O) groups excluding carboxylic acids is 1. The van der Waals surface area contributed by atoms with Gasteiger partial charge in [0, 0.05) is 6.54 Å². The molecule has 1 aromatic rings. The van der Waals surface area contributed by atoms with Crippen LogP contribution in [0.15, 0.2) is 21.7 Å². The number of esters is 1. The van der Waals surface area contributed by atoms with Crippen LogP contribution in [0.5, 0.6) is 0 Å². The van der Waals surface area contributed by atoms with Crippen LogP contribution in [0.2, 0.25) is 0 Å². The van der Waals surface area contributed by atoms with Gasteiger partial charge in [0.1, 0.15) is 10.3 Å². The minimum absolute atomic E-state index is 0.266. The lowest BCUT2D eigenvalue weighted by atomic mass is 10.1. The predicted octanol–water partition coefficient (Wildman–Crippen LogP) is 1.85. The average molecular weight is 303 g/mol. The Balaban J connectivity index is 2.27. The summed E-state index contributed by atoms with van der Waals surface area (Å²) in [4.78, 5) is 11.9. The van der Waals surface area contributed by atoms with Crippen molar-refractivity contribution in [3.8, 4) is 0 Å². The van der Waals surface area contributed by atoms with Crippen molar-refractivity contribution in [2.24, 2.45) is 0 Å². The van der Waals surface area contributed by atoms with Crippen molar-refractivity contribution in [3.63, 3.8) is 0 Å². The van der Waals surface area contributed by atoms with E-state index in [1.807, 2.05) is 0 Å². The molecule has 1 atom stereocenters. The van der Waals surface area contributed by atoms with E-state index in [9.17, 15) is 13.2 Å². The Bertz CT molecular complexity index is 524. The monoisotopic (exact) mass is 303 g/mol. The van der Waals surface area contributed by atoms with Crippen molar-refractivity contribution < 1.29 is 17.9 Å². The molecule has 0 aromatic carbocycles. The first-order valence-corrected chi connectivity index (χ1v) is 8.61. The van der Waals surface area contributed by atoms with Gasteiger partial charge >= 0.3 is 5.97 Å². The van der Waals surface area contributed by atoms with E-state index in [4.69, 9.17) is 4.74 Å². The molecule has 2 rings (SSSR count). The van der Waals surface area contributed by atoms with Crippen LogP contribution >= 0.6 is 11.3 Å². The van der Waals surface area contributed by atoms with Crippen molar-refractivity contribution >= 4 is 27.3 Å². The molecule has 1 fully saturated rings. The van der Waals surface area contributed by atoms with E-state index in [0.29, 0.717) is 13.0 Å². The molecule has 1 aliphatic rings. The van der Waals surface area contributed by atoms with Gasteiger partial charge < -0.3 is 4.74 Å². The maximum Gasteiger partial charge on any atom is 0.324 e. The highest BCUT2D eigenvalue weighted by Crippen LogP contribution is 2.28. The molecular formula is C12H17NO4S2. The molecule has 0 radical (unpaired) electrons. The highest BCUT2D eigenvalue weighted by Gasteiger charge is 2.38. The molecular weight excluding hydrogens is 286 g/mol. The quantitative estimate of drug-likeness (QED) is 0.796. The number of hydrogen-bond donors (Lipinski definition) is 0. The van der Waals surface area contributed by atoms with E-state index < -0.39 is 22.0 Å². The molecule has 0 amide bonds. The SMILES string of the molecule is CCOC(=O)C1CCCCN1S(=O)(=O)c1cccs1. The molecule has 0 aliphatic carbocycles. The Kier molecular flexibility index (Phi) is 4.59. The maximum absolute atomic E-state index is 12.5. The van der Waals surface area contributed by atoms with Crippen LogP contribution in [-0.2, 0) is 19.6 Å². The van der Waals surface area contributed by atoms with Crippen molar-refractivity contribution in [1.29, 1.82) is 0 Å². The van der Waals surface area contributed by atoms with Crippen molar-refractivity contribution in [1.82, 2.24) is 4.31 Å². The summed E-state index contributed by atoms with van der Waals surface area (Å²) in [6, 6.07) is 2.58. The lowest BCUT2D eigenvalue weighted by molar-refractivity contribution is -0.148. The summed E-state index contributed by atoms with van der Waals surface area (Å²) in [5, 5.41) is 1.72. The second-order valence-electron chi connectivity index (χ2n) is 4.31. The molecule has 106 valence electrons. The van der Waals surface area contributed by atoms with E-state index in [2.05, 4.69) is 0 Å². The van der Waals surface area contributed by atoms with Crippen LogP contribution in [-0.4, -0.2) is 37.9 Å². The summed E-state index contributed by atoms with van der Waals surface area (Å²) in [5.74, 6) is -0.442. The van der Waals surface area contributed by atoms with Gasteiger partial charge in [-0.3, -0.25) is 4.79 Å². The van der Waals surface area contributed by atoms with Gasteiger partial charge in [-0.2, -0.15) is 4.31 Å². The summed E-state index contributed by atoms with van der Waals surface area (Å²) >= 11 is 1.17. The number of ether oxygens (including phenoxy) is 1. The fraction of sp³-hybridized carbons (Fsp3) is 0.583. The van der Waals surface area contributed by atoms with Crippen LogP contribution < -0.4 is 0 Å². The Labute approximate surface area is 117 Å². The van der Waals surface area contributed by atoms with Crippen LogP contribution in [0.25, 0.3) is 0 Å². The third-order valence-electron chi connectivity index (χ3n) is 3.07. The second-order valence-corrected chi connectivity index (χ2v) is 7.38. The summed E-state index contributed by atoms with van der Waals surface area (Å²) < 4.78 is 31.5. The molecule has 1 aromatic heterocycles. The molecule has 0 N–H and O–H groups in total. The standard InChI is InChI=1S/C12H17NO4S2/c1-2-17-12(14)10-6-3-4-8-13(10)19(15,16)11-7-5-9-18-11/h5,7,9-10H,2-4,6,8H2,1H3. The summed E-state index contributed by atoms with van der Waals surface area (Å²) in [6.45, 7) is 2.37. The molecule has 1 unspecified atom stereocenters. The molecule has 19 heavy (non-hydrogen) atoms. The number of piperidine rings is 1. The van der Waals surface area contributed by atoms with E-state index in [-0.39, 0.29) is 10.8 Å². The first-order valence-electron chi connectivity index (χ1n) is 6.29. The van der Waals surface area contributed by atoms with Crippen LogP contribution in [0.3, 0.4) is 0 Å². The van der Waals surface area contributed by atoms with E-state index in [1.165, 1.54) is 15.6 Å². The lowest BCUT2D eigenvalue weighted by Crippen LogP contribution is -2.48. The third-order valence-corrected chi connectivity index (χ3v) is 6.35. The van der Waals surface area contributed by atoms with Gasteiger partial charge in [-0.1, -0.05) is 6.07 Å². The first kappa shape index (κ1) is 14.5. The Hall–Kier alpha value is -0.920. The smallest absolute Gasteiger partial charge is 0.324 e. The molecule has 0 spiro atoms. The molecule has 0 saturated carbocycles. The second kappa shape index (κ2) is 6.02. The zero-order valence-corrected chi connectivity index (χ0v) is 12.4. The van der Waals surface area contributed by atoms with Crippen LogP contribution in [0.4, 0.5) is 0 Å². The number of sulfonamides is 1. The fourth-order valence-corrected chi connectivity index (χ4v) is 4.96. The summed E-state index contributed by atoms with van der Waals surface area (Å²) in [5.41, 5.74) is 0. The normalized spacial score (nSPS) is 21.2. The Morgan fingerprint density at radius 2 is 2.32 bits per heavy atom. The van der Waals surface area contributed by atoms with Crippen molar-refractivity contribution in [3.05, 3.63) is 17.5 Å². The molecule has 1 saturated heterocycles. The maximum atomic E-state index is 12.5. The zero-order chi connectivity index (χ0) is 13.9. The van der Waals surface area contributed by atoms with Gasteiger partial charge in [0.15, 0.2) is 0 Å². The minimum Gasteiger partial charge on any atom is -0.465 e. The molecule has 2 heterocycles. The van der Waals surface area contributed by atoms with Gasteiger partial charge in [-0.15, -0.1) is 11.3 Å². The number of nitrogens with zero attached hydrogens (tertiary/aromatic N) is 1. The Morgan fingerprint density at radius 3 is 2.95 bits per heavy atom. The van der Waals surface area contributed by atoms with Crippen LogP contribution in [0, 0.1) is 0 Å². The number of hydrogen-bond acceptors (Lipinski definition) is 5. The van der Waals surface area contributed by atoms with Gasteiger partial charge in [0.25, 0.3) is 10.0 Å². The summed E-state index contributed by atoms with van der Waals surface area (Å²) in [7, 11) is -3.58. The average Bonchev–Trinajstić information content (AvgIpc) is 2.93. The number of carbonyl (C=O) groups is 1. The van der Waals surface area contributed by atoms with Crippen molar-refractivity contribution in [2.45, 2.75) is 36.4 Å². The fourth-order valence-electron chi connectivity index (χ4n) is 2.19. The lowest BCUT2D eigenvalue weighted by Gasteiger charge is -2.32. The highest BCUT2D eigenvalue weighted by molar-refractivity contribution is 7.91. The molecule has 1 aliphatic heterocycles. The van der Waals surface area contributed by atoms with Gasteiger partial charge in [-0.25, -0.2) is 8.42 Å². The highest BCUT2D eigenvalue weighted by atomic mass is 32.2. The minimum atomic E-state index is -3.58. The van der Waals surface area contributed by atoms with E-state index in [0.717, 1.165) is 12.8 Å². The number of thiophene rings is 1. The number of rotatable bonds is 4. The predicted molar refractivity (Wildman–Crippen MR) is 72.5 cm³/mol. The zero-order valence-electron chi connectivity index (χ0n) is 10.7. The van der Waals surface area contributed by atoms with Gasteiger partial charge in [0.2, 0.25) is 0 Å². The van der Waals surface area contributed by atoms with Crippen molar-refractivity contribution in [2.75, 3.05) is 13.2 Å². The van der Waals surface area contributed by atoms with E-state index >= 15 is 0 Å². The largest absolute Gasteiger partial charge is 0.465 e.